The number of carboxylic acid groups (broad SMARTS) is 2. The number of benzene rings is 4. The SMILES string of the molecule is Cl.O=C(O)c1cc2ccccc2c2c1CN(c1ccncc1)Cc1c(C(=O)O)cc3ccccc3c1-2. The molecule has 6 nitrogen and oxygen atoms in total. The molecule has 1 aliphatic heterocycles. The van der Waals surface area contributed by atoms with Crippen molar-refractivity contribution < 1.29 is 19.8 Å². The highest BCUT2D eigenvalue weighted by Crippen LogP contribution is 2.45. The fourth-order valence-corrected chi connectivity index (χ4v) is 5.24. The smallest absolute Gasteiger partial charge is 0.336 e. The van der Waals surface area contributed by atoms with E-state index in [4.69, 9.17) is 0 Å². The summed E-state index contributed by atoms with van der Waals surface area (Å²) in [6.07, 6.45) is 3.36. The highest BCUT2D eigenvalue weighted by Gasteiger charge is 2.30. The average Bonchev–Trinajstić information content (AvgIpc) is 3.06. The van der Waals surface area contributed by atoms with Gasteiger partial charge in [0.1, 0.15) is 0 Å². The minimum absolute atomic E-state index is 0. The number of pyridine rings is 1. The molecule has 0 unspecified atom stereocenters. The fraction of sp³-hybridized carbons (Fsp3) is 0.0690. The van der Waals surface area contributed by atoms with Gasteiger partial charge < -0.3 is 15.1 Å². The van der Waals surface area contributed by atoms with Crippen molar-refractivity contribution in [1.82, 2.24) is 4.98 Å². The van der Waals surface area contributed by atoms with Gasteiger partial charge in [-0.15, -0.1) is 12.4 Å². The van der Waals surface area contributed by atoms with Gasteiger partial charge in [0.05, 0.1) is 11.1 Å². The van der Waals surface area contributed by atoms with E-state index in [0.29, 0.717) is 24.2 Å². The molecule has 0 fully saturated rings. The van der Waals surface area contributed by atoms with Crippen LogP contribution >= 0.6 is 12.4 Å². The van der Waals surface area contributed by atoms with Gasteiger partial charge in [-0.1, -0.05) is 48.5 Å². The predicted molar refractivity (Wildman–Crippen MR) is 142 cm³/mol. The predicted octanol–water partition coefficient (Wildman–Crippen LogP) is 6.39. The minimum Gasteiger partial charge on any atom is -0.478 e. The monoisotopic (exact) mass is 496 g/mol. The summed E-state index contributed by atoms with van der Waals surface area (Å²) in [6, 6.07) is 22.5. The number of halogens is 1. The summed E-state index contributed by atoms with van der Waals surface area (Å²) in [4.78, 5) is 31.1. The van der Waals surface area contributed by atoms with Gasteiger partial charge >= 0.3 is 11.9 Å². The number of rotatable bonds is 3. The van der Waals surface area contributed by atoms with Crippen LogP contribution in [-0.2, 0) is 13.1 Å². The molecule has 0 saturated heterocycles. The molecule has 0 atom stereocenters. The molecule has 2 N–H and O–H groups in total. The standard InChI is InChI=1S/C29H20N2O4.ClH/c32-28(33)22-13-17-5-1-3-7-20(17)26-24(22)15-31(19-9-11-30-12-10-19)16-25-23(29(34)35)14-18-6-2-4-8-21(18)27(25)26;/h1-14H,15-16H2,(H,32,33)(H,34,35);1H. The van der Waals surface area contributed by atoms with Crippen molar-refractivity contribution in [2.45, 2.75) is 13.1 Å². The van der Waals surface area contributed by atoms with E-state index in [1.54, 1.807) is 24.5 Å². The van der Waals surface area contributed by atoms with E-state index >= 15 is 0 Å². The van der Waals surface area contributed by atoms with Crippen LogP contribution in [0.25, 0.3) is 32.7 Å². The third kappa shape index (κ3) is 3.63. The van der Waals surface area contributed by atoms with Gasteiger partial charge in [-0.25, -0.2) is 9.59 Å². The topological polar surface area (TPSA) is 90.7 Å². The van der Waals surface area contributed by atoms with Crippen molar-refractivity contribution >= 4 is 51.6 Å². The van der Waals surface area contributed by atoms with Crippen LogP contribution in [0.4, 0.5) is 5.69 Å². The molecule has 178 valence electrons. The van der Waals surface area contributed by atoms with Crippen LogP contribution in [-0.4, -0.2) is 27.1 Å². The van der Waals surface area contributed by atoms with Gasteiger partial charge in [-0.3, -0.25) is 4.98 Å². The Bertz CT molecular complexity index is 1560. The third-order valence-electron chi connectivity index (χ3n) is 6.75. The summed E-state index contributed by atoms with van der Waals surface area (Å²) >= 11 is 0. The third-order valence-corrected chi connectivity index (χ3v) is 6.75. The van der Waals surface area contributed by atoms with Crippen molar-refractivity contribution in [2.75, 3.05) is 4.90 Å². The molecule has 2 heterocycles. The van der Waals surface area contributed by atoms with Crippen LogP contribution < -0.4 is 4.90 Å². The van der Waals surface area contributed by atoms with Gasteiger partial charge in [0.15, 0.2) is 0 Å². The summed E-state index contributed by atoms with van der Waals surface area (Å²) in [7, 11) is 0. The molecule has 6 rings (SSSR count). The summed E-state index contributed by atoms with van der Waals surface area (Å²) in [5, 5.41) is 23.9. The number of fused-ring (bicyclic) bond motifs is 7. The Balaban J connectivity index is 0.00000267. The molecule has 0 amide bonds. The lowest BCUT2D eigenvalue weighted by molar-refractivity contribution is 0.0685. The van der Waals surface area contributed by atoms with Crippen LogP contribution in [0.15, 0.2) is 85.2 Å². The Morgan fingerprint density at radius 1 is 0.694 bits per heavy atom. The van der Waals surface area contributed by atoms with Gasteiger partial charge in [0, 0.05) is 31.2 Å². The van der Waals surface area contributed by atoms with E-state index in [1.807, 2.05) is 65.6 Å². The second-order valence-electron chi connectivity index (χ2n) is 8.67. The molecule has 5 aromatic rings. The first kappa shape index (κ1) is 23.3. The molecule has 0 aliphatic carbocycles. The van der Waals surface area contributed by atoms with Crippen molar-refractivity contribution in [3.8, 4) is 11.1 Å². The largest absolute Gasteiger partial charge is 0.478 e. The van der Waals surface area contributed by atoms with Crippen LogP contribution in [0.3, 0.4) is 0 Å². The minimum atomic E-state index is -1.01. The zero-order chi connectivity index (χ0) is 24.1. The maximum Gasteiger partial charge on any atom is 0.336 e. The number of nitrogens with zero attached hydrogens (tertiary/aromatic N) is 2. The van der Waals surface area contributed by atoms with Crippen molar-refractivity contribution in [3.05, 3.63) is 107 Å². The summed E-state index contributed by atoms with van der Waals surface area (Å²) in [5.74, 6) is -2.02. The Morgan fingerprint density at radius 2 is 1.14 bits per heavy atom. The molecule has 0 radical (unpaired) electrons. The van der Waals surface area contributed by atoms with E-state index in [0.717, 1.165) is 38.4 Å². The second kappa shape index (κ2) is 8.98. The molecule has 1 aliphatic rings. The Morgan fingerprint density at radius 3 is 1.58 bits per heavy atom. The first-order chi connectivity index (χ1) is 17.0. The van der Waals surface area contributed by atoms with Crippen LogP contribution in [0.1, 0.15) is 31.8 Å². The maximum atomic E-state index is 12.5. The van der Waals surface area contributed by atoms with E-state index in [2.05, 4.69) is 4.98 Å². The van der Waals surface area contributed by atoms with Gasteiger partial charge in [-0.2, -0.15) is 0 Å². The van der Waals surface area contributed by atoms with E-state index < -0.39 is 11.9 Å². The number of hydrogen-bond acceptors (Lipinski definition) is 4. The first-order valence-corrected chi connectivity index (χ1v) is 11.2. The zero-order valence-corrected chi connectivity index (χ0v) is 19.8. The van der Waals surface area contributed by atoms with Gasteiger partial charge in [0.25, 0.3) is 0 Å². The lowest BCUT2D eigenvalue weighted by Crippen LogP contribution is -2.23. The summed E-state index contributed by atoms with van der Waals surface area (Å²) in [6.45, 7) is 0.627. The molecular formula is C29H21ClN2O4. The van der Waals surface area contributed by atoms with E-state index in [9.17, 15) is 19.8 Å². The molecular weight excluding hydrogens is 476 g/mol. The van der Waals surface area contributed by atoms with Crippen LogP contribution in [0, 0.1) is 0 Å². The molecule has 1 aromatic heterocycles. The number of hydrogen-bond donors (Lipinski definition) is 2. The number of anilines is 1. The van der Waals surface area contributed by atoms with Gasteiger partial charge in [0.2, 0.25) is 0 Å². The summed E-state index contributed by atoms with van der Waals surface area (Å²) in [5.41, 5.74) is 4.18. The molecule has 0 spiro atoms. The zero-order valence-electron chi connectivity index (χ0n) is 19.0. The maximum absolute atomic E-state index is 12.5. The van der Waals surface area contributed by atoms with Crippen molar-refractivity contribution in [3.63, 3.8) is 0 Å². The van der Waals surface area contributed by atoms with Crippen molar-refractivity contribution in [1.29, 1.82) is 0 Å². The molecule has 7 heteroatoms. The van der Waals surface area contributed by atoms with Crippen LogP contribution in [0.5, 0.6) is 0 Å². The molecule has 0 saturated carbocycles. The quantitative estimate of drug-likeness (QED) is 0.300. The summed E-state index contributed by atoms with van der Waals surface area (Å²) < 4.78 is 0. The molecule has 0 bridgehead atoms. The number of carboxylic acids is 2. The number of carbonyl (C=O) groups is 2. The fourth-order valence-electron chi connectivity index (χ4n) is 5.24. The highest BCUT2D eigenvalue weighted by molar-refractivity contribution is 6.13. The Labute approximate surface area is 212 Å². The van der Waals surface area contributed by atoms with Gasteiger partial charge in [-0.05, 0) is 68.1 Å². The lowest BCUT2D eigenvalue weighted by atomic mass is 9.84. The lowest BCUT2D eigenvalue weighted by Gasteiger charge is -2.25. The highest BCUT2D eigenvalue weighted by atomic mass is 35.5. The van der Waals surface area contributed by atoms with Crippen molar-refractivity contribution in [2.24, 2.45) is 0 Å². The normalized spacial score (nSPS) is 12.4. The average molecular weight is 497 g/mol. The molecule has 4 aromatic carbocycles. The van der Waals surface area contributed by atoms with E-state index in [-0.39, 0.29) is 23.5 Å². The Kier molecular flexibility index (Phi) is 5.82. The first-order valence-electron chi connectivity index (χ1n) is 11.2. The van der Waals surface area contributed by atoms with E-state index in [1.165, 1.54) is 0 Å². The Hall–Kier alpha value is -4.42. The second-order valence-corrected chi connectivity index (χ2v) is 8.67. The number of aromatic nitrogens is 1. The molecule has 36 heavy (non-hydrogen) atoms. The van der Waals surface area contributed by atoms with Crippen LogP contribution in [0.2, 0.25) is 0 Å². The number of aromatic carboxylic acids is 2.